The number of nitrogens with zero attached hydrogens (tertiary/aromatic N) is 2. The van der Waals surface area contributed by atoms with Crippen LogP contribution >= 0.6 is 0 Å². The Bertz CT molecular complexity index is 1210. The van der Waals surface area contributed by atoms with Gasteiger partial charge in [-0.25, -0.2) is 0 Å². The van der Waals surface area contributed by atoms with Crippen molar-refractivity contribution in [2.75, 3.05) is 33.3 Å². The fourth-order valence-electron chi connectivity index (χ4n) is 4.68. The lowest BCUT2D eigenvalue weighted by Gasteiger charge is -2.41. The molecule has 1 aliphatic heterocycles. The highest BCUT2D eigenvalue weighted by Gasteiger charge is 2.42. The summed E-state index contributed by atoms with van der Waals surface area (Å²) in [5.74, 6) is 1.19. The van der Waals surface area contributed by atoms with Crippen molar-refractivity contribution in [1.29, 1.82) is 0 Å². The van der Waals surface area contributed by atoms with Crippen molar-refractivity contribution in [3.63, 3.8) is 0 Å². The molecule has 194 valence electrons. The van der Waals surface area contributed by atoms with Gasteiger partial charge >= 0.3 is 0 Å². The zero-order chi connectivity index (χ0) is 26.4. The van der Waals surface area contributed by atoms with Crippen LogP contribution in [0.5, 0.6) is 23.0 Å². The molecule has 2 heterocycles. The number of piperidine rings is 1. The first-order valence-corrected chi connectivity index (χ1v) is 11.9. The molecule has 9 nitrogen and oxygen atoms in total. The molecule has 1 aliphatic rings. The molecule has 2 amide bonds. The first-order chi connectivity index (χ1) is 18.0. The zero-order valence-electron chi connectivity index (χ0n) is 21.4. The van der Waals surface area contributed by atoms with Crippen molar-refractivity contribution in [3.8, 4) is 23.0 Å². The van der Waals surface area contributed by atoms with Crippen LogP contribution in [-0.4, -0.2) is 45.2 Å². The molecule has 1 fully saturated rings. The third-order valence-electron chi connectivity index (χ3n) is 6.51. The van der Waals surface area contributed by atoms with E-state index in [0.29, 0.717) is 41.7 Å². The topological polar surface area (TPSA) is 99.2 Å². The van der Waals surface area contributed by atoms with Gasteiger partial charge in [-0.05, 0) is 35.7 Å². The van der Waals surface area contributed by atoms with Crippen LogP contribution in [0.15, 0.2) is 60.9 Å². The van der Waals surface area contributed by atoms with Crippen LogP contribution in [0.2, 0.25) is 0 Å². The van der Waals surface area contributed by atoms with Crippen LogP contribution in [0, 0.1) is 5.92 Å². The number of rotatable bonds is 9. The standard InChI is InChI=1S/C28H31N3O6/c1-34-21-9-7-19(8-10-21)26-22(28(33)30-17-18-6-5-13-29-16-18)11-12-25(32)31(26)20-14-23(35-2)27(37-4)24(15-20)36-3/h5-10,13-16,22,26H,11-12,17H2,1-4H3,(H,30,33)/t22-,26+/m0/s1. The summed E-state index contributed by atoms with van der Waals surface area (Å²) in [6, 6.07) is 14.0. The molecule has 3 aromatic rings. The quantitative estimate of drug-likeness (QED) is 0.471. The number of aromatic nitrogens is 1. The lowest BCUT2D eigenvalue weighted by Crippen LogP contribution is -2.48. The minimum atomic E-state index is -0.566. The number of anilines is 1. The summed E-state index contributed by atoms with van der Waals surface area (Å²) in [4.78, 5) is 32.8. The summed E-state index contributed by atoms with van der Waals surface area (Å²) in [7, 11) is 6.16. The molecular weight excluding hydrogens is 474 g/mol. The SMILES string of the molecule is COc1ccc([C@@H]2[C@@H](C(=O)NCc3cccnc3)CCC(=O)N2c2cc(OC)c(OC)c(OC)c2)cc1. The average Bonchev–Trinajstić information content (AvgIpc) is 2.95. The highest BCUT2D eigenvalue weighted by Crippen LogP contribution is 2.46. The first-order valence-electron chi connectivity index (χ1n) is 11.9. The van der Waals surface area contributed by atoms with E-state index in [1.54, 1.807) is 36.5 Å². The van der Waals surface area contributed by atoms with E-state index >= 15 is 0 Å². The second kappa shape index (κ2) is 11.6. The largest absolute Gasteiger partial charge is 0.497 e. The summed E-state index contributed by atoms with van der Waals surface area (Å²) >= 11 is 0. The summed E-state index contributed by atoms with van der Waals surface area (Å²) in [6.07, 6.45) is 4.03. The van der Waals surface area contributed by atoms with Crippen molar-refractivity contribution >= 4 is 17.5 Å². The molecule has 0 radical (unpaired) electrons. The first kappa shape index (κ1) is 25.8. The molecular formula is C28H31N3O6. The van der Waals surface area contributed by atoms with Gasteiger partial charge in [-0.15, -0.1) is 0 Å². The molecule has 9 heteroatoms. The van der Waals surface area contributed by atoms with Crippen LogP contribution in [-0.2, 0) is 16.1 Å². The number of carbonyl (C=O) groups excluding carboxylic acids is 2. The predicted molar refractivity (Wildman–Crippen MR) is 138 cm³/mol. The molecule has 2 atom stereocenters. The number of hydrogen-bond donors (Lipinski definition) is 1. The predicted octanol–water partition coefficient (Wildman–Crippen LogP) is 3.92. The van der Waals surface area contributed by atoms with E-state index < -0.39 is 12.0 Å². The second-order valence-corrected chi connectivity index (χ2v) is 8.59. The van der Waals surface area contributed by atoms with Crippen molar-refractivity contribution in [3.05, 3.63) is 72.1 Å². The summed E-state index contributed by atoms with van der Waals surface area (Å²) < 4.78 is 21.9. The van der Waals surface area contributed by atoms with Crippen LogP contribution in [0.1, 0.15) is 30.0 Å². The van der Waals surface area contributed by atoms with Gasteiger partial charge < -0.3 is 29.2 Å². The monoisotopic (exact) mass is 505 g/mol. The van der Waals surface area contributed by atoms with E-state index in [-0.39, 0.29) is 18.2 Å². The number of ether oxygens (including phenoxy) is 4. The average molecular weight is 506 g/mol. The van der Waals surface area contributed by atoms with Gasteiger partial charge in [0.15, 0.2) is 11.5 Å². The molecule has 1 saturated heterocycles. The Kier molecular flexibility index (Phi) is 8.12. The van der Waals surface area contributed by atoms with Crippen LogP contribution in [0.3, 0.4) is 0 Å². The highest BCUT2D eigenvalue weighted by molar-refractivity contribution is 5.98. The molecule has 0 bridgehead atoms. The minimum Gasteiger partial charge on any atom is -0.497 e. The van der Waals surface area contributed by atoms with Gasteiger partial charge in [0.05, 0.1) is 46.1 Å². The van der Waals surface area contributed by atoms with E-state index in [0.717, 1.165) is 11.1 Å². The number of amides is 2. The number of carbonyl (C=O) groups is 2. The maximum atomic E-state index is 13.5. The third-order valence-corrected chi connectivity index (χ3v) is 6.51. The number of benzene rings is 2. The molecule has 0 saturated carbocycles. The summed E-state index contributed by atoms with van der Waals surface area (Å²) in [5, 5.41) is 3.03. The normalized spacial score (nSPS) is 17.2. The molecule has 0 spiro atoms. The van der Waals surface area contributed by atoms with Crippen molar-refractivity contribution in [1.82, 2.24) is 10.3 Å². The van der Waals surface area contributed by atoms with Crippen molar-refractivity contribution < 1.29 is 28.5 Å². The Morgan fingerprint density at radius 3 is 2.27 bits per heavy atom. The number of nitrogens with one attached hydrogen (secondary N) is 1. The fourth-order valence-corrected chi connectivity index (χ4v) is 4.68. The molecule has 1 N–H and O–H groups in total. The highest BCUT2D eigenvalue weighted by atomic mass is 16.5. The number of methoxy groups -OCH3 is 4. The molecule has 37 heavy (non-hydrogen) atoms. The maximum Gasteiger partial charge on any atom is 0.227 e. The molecule has 2 aromatic carbocycles. The van der Waals surface area contributed by atoms with Gasteiger partial charge in [-0.3, -0.25) is 14.6 Å². The molecule has 1 aromatic heterocycles. The van der Waals surface area contributed by atoms with Crippen molar-refractivity contribution in [2.24, 2.45) is 5.92 Å². The Labute approximate surface area is 216 Å². The molecule has 4 rings (SSSR count). The van der Waals surface area contributed by atoms with E-state index in [1.165, 1.54) is 21.3 Å². The minimum absolute atomic E-state index is 0.105. The number of pyridine rings is 1. The van der Waals surface area contributed by atoms with Gasteiger partial charge in [0.1, 0.15) is 5.75 Å². The van der Waals surface area contributed by atoms with E-state index in [9.17, 15) is 9.59 Å². The van der Waals surface area contributed by atoms with Gasteiger partial charge in [0.2, 0.25) is 17.6 Å². The smallest absolute Gasteiger partial charge is 0.227 e. The Hall–Kier alpha value is -4.27. The zero-order valence-corrected chi connectivity index (χ0v) is 21.4. The van der Waals surface area contributed by atoms with Gasteiger partial charge in [-0.1, -0.05) is 18.2 Å². The number of hydrogen-bond acceptors (Lipinski definition) is 7. The summed E-state index contributed by atoms with van der Waals surface area (Å²) in [6.45, 7) is 0.344. The van der Waals surface area contributed by atoms with E-state index in [1.807, 2.05) is 36.4 Å². The Morgan fingerprint density at radius 1 is 1.00 bits per heavy atom. The van der Waals surface area contributed by atoms with Crippen molar-refractivity contribution in [2.45, 2.75) is 25.4 Å². The Morgan fingerprint density at radius 2 is 1.70 bits per heavy atom. The lowest BCUT2D eigenvalue weighted by atomic mass is 9.83. The molecule has 0 aliphatic carbocycles. The Balaban J connectivity index is 1.76. The summed E-state index contributed by atoms with van der Waals surface area (Å²) in [5.41, 5.74) is 2.25. The van der Waals surface area contributed by atoms with Crippen LogP contribution in [0.4, 0.5) is 5.69 Å². The van der Waals surface area contributed by atoms with Gasteiger partial charge in [0, 0.05) is 37.5 Å². The maximum absolute atomic E-state index is 13.5. The molecule has 0 unspecified atom stereocenters. The van der Waals surface area contributed by atoms with Crippen LogP contribution < -0.4 is 29.2 Å². The third kappa shape index (κ3) is 5.45. The van der Waals surface area contributed by atoms with Crippen LogP contribution in [0.25, 0.3) is 0 Å². The second-order valence-electron chi connectivity index (χ2n) is 8.59. The van der Waals surface area contributed by atoms with Gasteiger partial charge in [-0.2, -0.15) is 0 Å². The lowest BCUT2D eigenvalue weighted by molar-refractivity contribution is -0.129. The fraction of sp³-hybridized carbons (Fsp3) is 0.321. The van der Waals surface area contributed by atoms with E-state index in [4.69, 9.17) is 18.9 Å². The van der Waals surface area contributed by atoms with Gasteiger partial charge in [0.25, 0.3) is 0 Å². The van der Waals surface area contributed by atoms with E-state index in [2.05, 4.69) is 10.3 Å².